The van der Waals surface area contributed by atoms with Crippen LogP contribution < -0.4 is 5.56 Å². The van der Waals surface area contributed by atoms with Gasteiger partial charge in [-0.1, -0.05) is 28.1 Å². The Morgan fingerprint density at radius 3 is 2.71 bits per heavy atom. The largest absolute Gasteiger partial charge is 0.493 e. The van der Waals surface area contributed by atoms with E-state index in [9.17, 15) is 9.90 Å². The molecule has 0 unspecified atom stereocenters. The van der Waals surface area contributed by atoms with Crippen LogP contribution >= 0.6 is 15.9 Å². The minimum Gasteiger partial charge on any atom is -0.493 e. The van der Waals surface area contributed by atoms with Gasteiger partial charge in [0.15, 0.2) is 0 Å². The highest BCUT2D eigenvalue weighted by Gasteiger charge is 2.26. The molecule has 5 nitrogen and oxygen atoms in total. The normalized spacial score (nSPS) is 11.6. The first-order chi connectivity index (χ1) is 9.85. The Balaban J connectivity index is 2.55. The monoisotopic (exact) mass is 352 g/mol. The molecule has 0 fully saturated rings. The number of aromatic amines is 1. The molecule has 1 aromatic carbocycles. The molecule has 0 atom stereocenters. The number of aromatic hydroxyl groups is 1. The van der Waals surface area contributed by atoms with Crippen LogP contribution in [0.2, 0.25) is 0 Å². The summed E-state index contributed by atoms with van der Waals surface area (Å²) in [7, 11) is 0. The van der Waals surface area contributed by atoms with Crippen LogP contribution in [0.5, 0.6) is 5.88 Å². The van der Waals surface area contributed by atoms with Crippen LogP contribution in [-0.2, 0) is 10.3 Å². The number of rotatable bonds is 4. The van der Waals surface area contributed by atoms with Crippen molar-refractivity contribution in [3.63, 3.8) is 0 Å². The summed E-state index contributed by atoms with van der Waals surface area (Å²) in [4.78, 5) is 19.1. The summed E-state index contributed by atoms with van der Waals surface area (Å²) in [6.45, 7) is 5.90. The highest BCUT2D eigenvalue weighted by Crippen LogP contribution is 2.28. The Bertz CT molecular complexity index is 710. The topological polar surface area (TPSA) is 75.2 Å². The predicted octanol–water partition coefficient (Wildman–Crippen LogP) is 3.18. The Morgan fingerprint density at radius 1 is 1.43 bits per heavy atom. The van der Waals surface area contributed by atoms with Crippen molar-refractivity contribution >= 4 is 15.9 Å². The molecule has 2 N–H and O–H groups in total. The lowest BCUT2D eigenvalue weighted by Gasteiger charge is -2.23. The number of nitrogens with one attached hydrogen (secondary N) is 1. The van der Waals surface area contributed by atoms with E-state index >= 15 is 0 Å². The van der Waals surface area contributed by atoms with Crippen LogP contribution in [0.15, 0.2) is 33.5 Å². The van der Waals surface area contributed by atoms with Gasteiger partial charge in [-0.15, -0.1) is 0 Å². The van der Waals surface area contributed by atoms with Gasteiger partial charge in [0.25, 0.3) is 5.56 Å². The van der Waals surface area contributed by atoms with Crippen molar-refractivity contribution in [1.29, 1.82) is 0 Å². The zero-order chi connectivity index (χ0) is 15.6. The Kier molecular flexibility index (Phi) is 4.49. The third-order valence-electron chi connectivity index (χ3n) is 3.09. The van der Waals surface area contributed by atoms with Gasteiger partial charge in [-0.2, -0.15) is 4.98 Å². The minimum absolute atomic E-state index is 0.146. The molecular weight excluding hydrogens is 336 g/mol. The number of hydrogen-bond acceptors (Lipinski definition) is 4. The van der Waals surface area contributed by atoms with Crippen LogP contribution in [0.4, 0.5) is 0 Å². The maximum absolute atomic E-state index is 12.3. The van der Waals surface area contributed by atoms with Gasteiger partial charge >= 0.3 is 0 Å². The van der Waals surface area contributed by atoms with Gasteiger partial charge in [0.1, 0.15) is 17.0 Å². The summed E-state index contributed by atoms with van der Waals surface area (Å²) >= 11 is 3.34. The quantitative estimate of drug-likeness (QED) is 0.885. The molecule has 0 saturated carbocycles. The predicted molar refractivity (Wildman–Crippen MR) is 84.3 cm³/mol. The van der Waals surface area contributed by atoms with Gasteiger partial charge in [-0.25, -0.2) is 0 Å². The van der Waals surface area contributed by atoms with E-state index in [4.69, 9.17) is 4.74 Å². The SMILES string of the molecule is CCOC(C)(C)c1nc(O)c(-c2cccc(Br)c2)c(=O)[nH]1. The van der Waals surface area contributed by atoms with Crippen LogP contribution in [-0.4, -0.2) is 21.7 Å². The number of aromatic nitrogens is 2. The van der Waals surface area contributed by atoms with E-state index < -0.39 is 11.2 Å². The van der Waals surface area contributed by atoms with Gasteiger partial charge < -0.3 is 14.8 Å². The van der Waals surface area contributed by atoms with Gasteiger partial charge in [0.2, 0.25) is 5.88 Å². The van der Waals surface area contributed by atoms with Crippen molar-refractivity contribution in [2.75, 3.05) is 6.61 Å². The first-order valence-electron chi connectivity index (χ1n) is 6.59. The van der Waals surface area contributed by atoms with Crippen molar-refractivity contribution in [2.45, 2.75) is 26.4 Å². The Hall–Kier alpha value is -1.66. The molecule has 0 spiro atoms. The van der Waals surface area contributed by atoms with Gasteiger partial charge in [-0.3, -0.25) is 4.79 Å². The smallest absolute Gasteiger partial charge is 0.262 e. The molecule has 2 aromatic rings. The second kappa shape index (κ2) is 5.99. The maximum Gasteiger partial charge on any atom is 0.262 e. The van der Waals surface area contributed by atoms with Crippen molar-refractivity contribution in [3.05, 3.63) is 44.9 Å². The van der Waals surface area contributed by atoms with Gasteiger partial charge in [0, 0.05) is 11.1 Å². The van der Waals surface area contributed by atoms with E-state index in [1.807, 2.05) is 13.0 Å². The molecular formula is C15H17BrN2O3. The lowest BCUT2D eigenvalue weighted by molar-refractivity contribution is -0.0213. The van der Waals surface area contributed by atoms with Crippen LogP contribution in [0.1, 0.15) is 26.6 Å². The fraction of sp³-hybridized carbons (Fsp3) is 0.333. The Labute approximate surface area is 131 Å². The highest BCUT2D eigenvalue weighted by atomic mass is 79.9. The average Bonchev–Trinajstić information content (AvgIpc) is 2.37. The molecule has 6 heteroatoms. The van der Waals surface area contributed by atoms with Crippen LogP contribution in [0.3, 0.4) is 0 Å². The van der Waals surface area contributed by atoms with Crippen molar-refractivity contribution in [2.24, 2.45) is 0 Å². The second-order valence-electron chi connectivity index (χ2n) is 5.07. The summed E-state index contributed by atoms with van der Waals surface area (Å²) in [5, 5.41) is 10.1. The number of nitrogens with zero attached hydrogens (tertiary/aromatic N) is 1. The van der Waals surface area contributed by atoms with E-state index in [1.165, 1.54) is 0 Å². The molecule has 1 aromatic heterocycles. The van der Waals surface area contributed by atoms with Gasteiger partial charge in [0.05, 0.1) is 0 Å². The zero-order valence-electron chi connectivity index (χ0n) is 12.1. The third kappa shape index (κ3) is 3.33. The van der Waals surface area contributed by atoms with Crippen LogP contribution in [0, 0.1) is 0 Å². The molecule has 0 aliphatic heterocycles. The molecule has 0 amide bonds. The van der Waals surface area contributed by atoms with E-state index in [0.717, 1.165) is 4.47 Å². The third-order valence-corrected chi connectivity index (χ3v) is 3.58. The first kappa shape index (κ1) is 15.7. The molecule has 2 rings (SSSR count). The van der Waals surface area contributed by atoms with Crippen molar-refractivity contribution < 1.29 is 9.84 Å². The van der Waals surface area contributed by atoms with Crippen molar-refractivity contribution in [1.82, 2.24) is 9.97 Å². The molecule has 0 bridgehead atoms. The number of H-pyrrole nitrogens is 1. The standard InChI is InChI=1S/C15H17BrN2O3/c1-4-21-15(2,3)14-17-12(19)11(13(20)18-14)9-6-5-7-10(16)8-9/h5-8H,4H2,1-3H3,(H2,17,18,19,20). The van der Waals surface area contributed by atoms with E-state index in [-0.39, 0.29) is 11.4 Å². The molecule has 21 heavy (non-hydrogen) atoms. The lowest BCUT2D eigenvalue weighted by atomic mass is 10.1. The number of halogens is 1. The minimum atomic E-state index is -0.777. The second-order valence-corrected chi connectivity index (χ2v) is 5.98. The maximum atomic E-state index is 12.3. The number of benzene rings is 1. The molecule has 0 aliphatic carbocycles. The molecule has 0 aliphatic rings. The first-order valence-corrected chi connectivity index (χ1v) is 7.38. The highest BCUT2D eigenvalue weighted by molar-refractivity contribution is 9.10. The fourth-order valence-corrected chi connectivity index (χ4v) is 2.48. The fourth-order valence-electron chi connectivity index (χ4n) is 2.08. The summed E-state index contributed by atoms with van der Waals surface area (Å²) < 4.78 is 6.36. The summed E-state index contributed by atoms with van der Waals surface area (Å²) in [6, 6.07) is 7.12. The van der Waals surface area contributed by atoms with Gasteiger partial charge in [-0.05, 0) is 38.5 Å². The lowest BCUT2D eigenvalue weighted by Crippen LogP contribution is -2.28. The van der Waals surface area contributed by atoms with Crippen LogP contribution in [0.25, 0.3) is 11.1 Å². The van der Waals surface area contributed by atoms with E-state index in [2.05, 4.69) is 25.9 Å². The zero-order valence-corrected chi connectivity index (χ0v) is 13.7. The molecule has 1 heterocycles. The number of ether oxygens (including phenoxy) is 1. The van der Waals surface area contributed by atoms with Crippen molar-refractivity contribution in [3.8, 4) is 17.0 Å². The summed E-state index contributed by atoms with van der Waals surface area (Å²) in [5.41, 5.74) is -0.437. The Morgan fingerprint density at radius 2 is 2.14 bits per heavy atom. The van der Waals surface area contributed by atoms with E-state index in [1.54, 1.807) is 32.0 Å². The average molecular weight is 353 g/mol. The molecule has 112 valence electrons. The van der Waals surface area contributed by atoms with E-state index in [0.29, 0.717) is 18.0 Å². The number of hydrogen-bond donors (Lipinski definition) is 2. The molecule has 0 radical (unpaired) electrons. The molecule has 0 saturated heterocycles. The summed E-state index contributed by atoms with van der Waals surface area (Å²) in [6.07, 6.45) is 0. The summed E-state index contributed by atoms with van der Waals surface area (Å²) in [5.74, 6) is -0.00905.